The van der Waals surface area contributed by atoms with Crippen molar-refractivity contribution in [1.29, 1.82) is 0 Å². The largest absolute Gasteiger partial charge is 0.394 e. The van der Waals surface area contributed by atoms with Gasteiger partial charge in [-0.3, -0.25) is 0 Å². The van der Waals surface area contributed by atoms with Crippen LogP contribution in [0.15, 0.2) is 0 Å². The van der Waals surface area contributed by atoms with Crippen molar-refractivity contribution < 1.29 is 20.1 Å². The molecule has 1 heterocycles. The smallest absolute Gasteiger partial charge is 0.109 e. The highest BCUT2D eigenvalue weighted by Crippen LogP contribution is 2.25. The van der Waals surface area contributed by atoms with Gasteiger partial charge in [0.2, 0.25) is 0 Å². The molecule has 0 aromatic carbocycles. The van der Waals surface area contributed by atoms with Crippen LogP contribution >= 0.6 is 0 Å². The van der Waals surface area contributed by atoms with E-state index in [9.17, 15) is 10.2 Å². The number of rotatable bonds is 1. The summed E-state index contributed by atoms with van der Waals surface area (Å²) in [6, 6.07) is 0. The third kappa shape index (κ3) is 2.92. The number of hydrogen-bond donors (Lipinski definition) is 3. The Morgan fingerprint density at radius 2 is 1.57 bits per heavy atom. The van der Waals surface area contributed by atoms with Gasteiger partial charge < -0.3 is 20.1 Å². The summed E-state index contributed by atoms with van der Waals surface area (Å²) < 4.78 is 5.27. The van der Waals surface area contributed by atoms with E-state index in [2.05, 4.69) is 0 Å². The van der Waals surface area contributed by atoms with Crippen LogP contribution in [-0.2, 0) is 4.74 Å². The molecule has 1 saturated heterocycles. The zero-order chi connectivity index (χ0) is 11.3. The molecule has 4 nitrogen and oxygen atoms in total. The Hall–Kier alpha value is -0.160. The van der Waals surface area contributed by atoms with Gasteiger partial charge >= 0.3 is 0 Å². The maximum absolute atomic E-state index is 9.48. The second-order valence-corrected chi connectivity index (χ2v) is 3.40. The summed E-state index contributed by atoms with van der Waals surface area (Å²) in [5.74, 6) is -0.0946. The van der Waals surface area contributed by atoms with Gasteiger partial charge in [0.15, 0.2) is 0 Å². The molecule has 0 amide bonds. The quantitative estimate of drug-likeness (QED) is 0.571. The predicted molar refractivity (Wildman–Crippen MR) is 53.9 cm³/mol. The molecule has 0 aromatic heterocycles. The van der Waals surface area contributed by atoms with Crippen LogP contribution in [0.5, 0.6) is 0 Å². The zero-order valence-corrected chi connectivity index (χ0v) is 9.34. The number of aliphatic hydroxyl groups is 3. The molecular formula is C10H22O4. The highest BCUT2D eigenvalue weighted by molar-refractivity contribution is 4.87. The Kier molecular flexibility index (Phi) is 6.27. The second-order valence-electron chi connectivity index (χ2n) is 3.40. The SMILES string of the molecule is CC.CC1OC(CO)C(O)C(O)C1C. The van der Waals surface area contributed by atoms with Crippen LogP contribution in [0, 0.1) is 5.92 Å². The van der Waals surface area contributed by atoms with Gasteiger partial charge in [0.1, 0.15) is 12.2 Å². The third-order valence-electron chi connectivity index (χ3n) is 2.58. The minimum absolute atomic E-state index is 0.0946. The molecular weight excluding hydrogens is 184 g/mol. The maximum atomic E-state index is 9.48. The average molecular weight is 206 g/mol. The van der Waals surface area contributed by atoms with Crippen LogP contribution in [0.2, 0.25) is 0 Å². The minimum atomic E-state index is -0.971. The van der Waals surface area contributed by atoms with E-state index in [0.717, 1.165) is 0 Å². The van der Waals surface area contributed by atoms with Crippen molar-refractivity contribution in [3.8, 4) is 0 Å². The number of aliphatic hydroxyl groups excluding tert-OH is 3. The standard InChI is InChI=1S/C8H16O4.C2H6/c1-4-5(2)12-6(3-9)8(11)7(4)10;1-2/h4-11H,3H2,1-2H3;1-2H3. The van der Waals surface area contributed by atoms with E-state index < -0.39 is 18.3 Å². The van der Waals surface area contributed by atoms with Crippen LogP contribution in [-0.4, -0.2) is 46.3 Å². The summed E-state index contributed by atoms with van der Waals surface area (Å²) in [7, 11) is 0. The molecule has 1 fully saturated rings. The Bertz CT molecular complexity index is 146. The molecule has 0 aliphatic carbocycles. The lowest BCUT2D eigenvalue weighted by Gasteiger charge is -2.39. The molecule has 0 spiro atoms. The normalized spacial score (nSPS) is 42.6. The predicted octanol–water partition coefficient (Wildman–Crippen LogP) is 0.150. The molecule has 5 atom stereocenters. The molecule has 1 aliphatic heterocycles. The van der Waals surface area contributed by atoms with Crippen molar-refractivity contribution in [2.24, 2.45) is 5.92 Å². The summed E-state index contributed by atoms with van der Waals surface area (Å²) in [5.41, 5.74) is 0. The fraction of sp³-hybridized carbons (Fsp3) is 1.00. The van der Waals surface area contributed by atoms with Crippen molar-refractivity contribution in [1.82, 2.24) is 0 Å². The van der Waals surface area contributed by atoms with Gasteiger partial charge in [-0.25, -0.2) is 0 Å². The van der Waals surface area contributed by atoms with Crippen LogP contribution in [0.25, 0.3) is 0 Å². The van der Waals surface area contributed by atoms with Gasteiger partial charge in [-0.2, -0.15) is 0 Å². The van der Waals surface area contributed by atoms with Crippen LogP contribution in [0.1, 0.15) is 27.7 Å². The van der Waals surface area contributed by atoms with E-state index in [0.29, 0.717) is 0 Å². The molecule has 1 aliphatic rings. The van der Waals surface area contributed by atoms with E-state index >= 15 is 0 Å². The third-order valence-corrected chi connectivity index (χ3v) is 2.58. The Morgan fingerprint density at radius 3 is 2.00 bits per heavy atom. The van der Waals surface area contributed by atoms with E-state index in [4.69, 9.17) is 9.84 Å². The van der Waals surface area contributed by atoms with Crippen molar-refractivity contribution in [2.75, 3.05) is 6.61 Å². The highest BCUT2D eigenvalue weighted by atomic mass is 16.5. The van der Waals surface area contributed by atoms with Crippen molar-refractivity contribution in [3.63, 3.8) is 0 Å². The number of hydrogen-bond acceptors (Lipinski definition) is 4. The first kappa shape index (κ1) is 13.8. The van der Waals surface area contributed by atoms with Crippen molar-refractivity contribution in [3.05, 3.63) is 0 Å². The minimum Gasteiger partial charge on any atom is -0.394 e. The molecule has 5 unspecified atom stereocenters. The maximum Gasteiger partial charge on any atom is 0.109 e. The molecule has 14 heavy (non-hydrogen) atoms. The lowest BCUT2D eigenvalue weighted by atomic mass is 9.89. The van der Waals surface area contributed by atoms with E-state index in [1.165, 1.54) is 0 Å². The Labute approximate surface area is 85.5 Å². The summed E-state index contributed by atoms with van der Waals surface area (Å²) >= 11 is 0. The van der Waals surface area contributed by atoms with Gasteiger partial charge in [0.05, 0.1) is 18.8 Å². The van der Waals surface area contributed by atoms with Gasteiger partial charge in [-0.05, 0) is 6.92 Å². The fourth-order valence-electron chi connectivity index (χ4n) is 1.44. The lowest BCUT2D eigenvalue weighted by molar-refractivity contribution is -0.200. The Morgan fingerprint density at radius 1 is 1.07 bits per heavy atom. The topological polar surface area (TPSA) is 69.9 Å². The average Bonchev–Trinajstić information content (AvgIpc) is 2.23. The first-order valence-corrected chi connectivity index (χ1v) is 5.20. The highest BCUT2D eigenvalue weighted by Gasteiger charge is 2.39. The molecule has 0 aromatic rings. The van der Waals surface area contributed by atoms with Gasteiger partial charge in [-0.1, -0.05) is 20.8 Å². The first-order valence-electron chi connectivity index (χ1n) is 5.20. The van der Waals surface area contributed by atoms with Crippen LogP contribution < -0.4 is 0 Å². The molecule has 4 heteroatoms. The molecule has 86 valence electrons. The van der Waals surface area contributed by atoms with E-state index in [1.807, 2.05) is 27.7 Å². The summed E-state index contributed by atoms with van der Waals surface area (Å²) in [5, 5.41) is 27.7. The molecule has 3 N–H and O–H groups in total. The van der Waals surface area contributed by atoms with Gasteiger partial charge in [-0.15, -0.1) is 0 Å². The summed E-state index contributed by atoms with van der Waals surface area (Å²) in [6.45, 7) is 7.38. The van der Waals surface area contributed by atoms with Crippen molar-refractivity contribution in [2.45, 2.75) is 52.1 Å². The molecule has 0 bridgehead atoms. The van der Waals surface area contributed by atoms with Crippen LogP contribution in [0.3, 0.4) is 0 Å². The molecule has 0 saturated carbocycles. The van der Waals surface area contributed by atoms with Gasteiger partial charge in [0, 0.05) is 5.92 Å². The van der Waals surface area contributed by atoms with E-state index in [1.54, 1.807) is 0 Å². The first-order chi connectivity index (χ1) is 6.57. The monoisotopic (exact) mass is 206 g/mol. The van der Waals surface area contributed by atoms with Gasteiger partial charge in [0.25, 0.3) is 0 Å². The fourth-order valence-corrected chi connectivity index (χ4v) is 1.44. The summed E-state index contributed by atoms with van der Waals surface area (Å²) in [4.78, 5) is 0. The number of ether oxygens (including phenoxy) is 1. The summed E-state index contributed by atoms with van der Waals surface area (Å²) in [6.07, 6.45) is -2.54. The van der Waals surface area contributed by atoms with Crippen LogP contribution in [0.4, 0.5) is 0 Å². The lowest BCUT2D eigenvalue weighted by Crippen LogP contribution is -2.53. The second kappa shape index (κ2) is 6.35. The zero-order valence-electron chi connectivity index (χ0n) is 9.34. The Balaban J connectivity index is 0.000000791. The molecule has 0 radical (unpaired) electrons. The van der Waals surface area contributed by atoms with Crippen molar-refractivity contribution >= 4 is 0 Å². The van der Waals surface area contributed by atoms with E-state index in [-0.39, 0.29) is 18.6 Å². The molecule has 1 rings (SSSR count).